The number of nitrogens with one attached hydrogen (secondary N) is 1. The van der Waals surface area contributed by atoms with Gasteiger partial charge in [0.2, 0.25) is 0 Å². The van der Waals surface area contributed by atoms with Crippen LogP contribution in [0.5, 0.6) is 0 Å². The number of hydrogen-bond acceptors (Lipinski definition) is 3. The van der Waals surface area contributed by atoms with Gasteiger partial charge in [-0.25, -0.2) is 4.98 Å². The Morgan fingerprint density at radius 3 is 2.89 bits per heavy atom. The number of hydrogen-bond donors (Lipinski definition) is 1. The molecule has 1 rings (SSSR count). The molecule has 4 heteroatoms. The molecule has 4 nitrogen and oxygen atoms in total. The van der Waals surface area contributed by atoms with Gasteiger partial charge < -0.3 is 10.2 Å². The van der Waals surface area contributed by atoms with E-state index in [0.29, 0.717) is 18.3 Å². The Morgan fingerprint density at radius 2 is 2.26 bits per heavy atom. The Bertz CT molecular complexity index is 429. The quantitative estimate of drug-likeness (QED) is 0.606. The Labute approximate surface area is 115 Å². The Balaban J connectivity index is 2.67. The summed E-state index contributed by atoms with van der Waals surface area (Å²) in [5.74, 6) is 0.691. The van der Waals surface area contributed by atoms with Crippen LogP contribution in [0.1, 0.15) is 37.2 Å². The summed E-state index contributed by atoms with van der Waals surface area (Å²) in [6, 6.07) is 5.76. The first-order chi connectivity index (χ1) is 9.04. The second-order valence-electron chi connectivity index (χ2n) is 4.86. The number of nitrogens with zero attached hydrogens (tertiary/aromatic N) is 2. The normalized spacial score (nSPS) is 10.3. The molecule has 0 aromatic carbocycles. The Hall–Kier alpha value is -1.84. The minimum absolute atomic E-state index is 0.0449. The summed E-state index contributed by atoms with van der Waals surface area (Å²) in [5, 5.41) is 3.20. The van der Waals surface area contributed by atoms with Gasteiger partial charge in [-0.15, -0.1) is 6.58 Å². The van der Waals surface area contributed by atoms with Gasteiger partial charge in [-0.1, -0.05) is 12.1 Å². The van der Waals surface area contributed by atoms with Crippen molar-refractivity contribution in [2.24, 2.45) is 0 Å². The van der Waals surface area contributed by atoms with Crippen LogP contribution in [0.15, 0.2) is 30.9 Å². The molecule has 1 aromatic heterocycles. The number of unbranched alkanes of at least 4 members (excludes halogenated alkanes) is 1. The van der Waals surface area contributed by atoms with E-state index in [4.69, 9.17) is 0 Å². The van der Waals surface area contributed by atoms with Crippen molar-refractivity contribution in [2.75, 3.05) is 18.9 Å². The number of allylic oxidation sites excluding steroid dienone is 1. The van der Waals surface area contributed by atoms with Crippen molar-refractivity contribution in [2.45, 2.75) is 32.7 Å². The molecule has 104 valence electrons. The van der Waals surface area contributed by atoms with E-state index in [1.54, 1.807) is 18.0 Å². The highest BCUT2D eigenvalue weighted by Gasteiger charge is 2.13. The molecule has 0 aliphatic heterocycles. The molecule has 0 saturated carbocycles. The molecule has 0 bridgehead atoms. The van der Waals surface area contributed by atoms with Crippen LogP contribution < -0.4 is 5.32 Å². The van der Waals surface area contributed by atoms with Crippen molar-refractivity contribution < 1.29 is 4.79 Å². The lowest BCUT2D eigenvalue weighted by atomic mass is 10.2. The second-order valence-corrected chi connectivity index (χ2v) is 4.86. The molecule has 0 aliphatic rings. The Morgan fingerprint density at radius 1 is 1.53 bits per heavy atom. The van der Waals surface area contributed by atoms with Gasteiger partial charge in [-0.05, 0) is 38.8 Å². The van der Waals surface area contributed by atoms with Crippen LogP contribution in [-0.4, -0.2) is 35.4 Å². The number of anilines is 1. The van der Waals surface area contributed by atoms with Gasteiger partial charge in [0.05, 0.1) is 0 Å². The molecule has 0 saturated heterocycles. The van der Waals surface area contributed by atoms with Gasteiger partial charge in [-0.2, -0.15) is 0 Å². The molecule has 0 spiro atoms. The standard InChI is InChI=1S/C15H23N3O/c1-5-6-7-11-18(4)15(19)13-9-8-10-14(17-13)16-12(2)3/h5,8-10,12H,1,6-7,11H2,2-4H3,(H,16,17). The van der Waals surface area contributed by atoms with E-state index in [0.717, 1.165) is 18.7 Å². The summed E-state index contributed by atoms with van der Waals surface area (Å²) in [6.07, 6.45) is 3.71. The monoisotopic (exact) mass is 261 g/mol. The number of pyridine rings is 1. The summed E-state index contributed by atoms with van der Waals surface area (Å²) in [7, 11) is 1.80. The van der Waals surface area contributed by atoms with E-state index in [2.05, 4.69) is 16.9 Å². The van der Waals surface area contributed by atoms with Crippen LogP contribution in [0.25, 0.3) is 0 Å². The predicted molar refractivity (Wildman–Crippen MR) is 79.4 cm³/mol. The molecule has 0 unspecified atom stereocenters. The number of carbonyl (C=O) groups is 1. The maximum atomic E-state index is 12.2. The molecule has 0 atom stereocenters. The van der Waals surface area contributed by atoms with Crippen LogP contribution >= 0.6 is 0 Å². The Kier molecular flexibility index (Phi) is 6.06. The highest BCUT2D eigenvalue weighted by molar-refractivity contribution is 5.92. The molecule has 1 N–H and O–H groups in total. The summed E-state index contributed by atoms with van der Waals surface area (Å²) < 4.78 is 0. The minimum atomic E-state index is -0.0449. The van der Waals surface area contributed by atoms with E-state index in [-0.39, 0.29) is 5.91 Å². The first-order valence-corrected chi connectivity index (χ1v) is 6.64. The van der Waals surface area contributed by atoms with Crippen molar-refractivity contribution in [1.29, 1.82) is 0 Å². The zero-order chi connectivity index (χ0) is 14.3. The van der Waals surface area contributed by atoms with Crippen molar-refractivity contribution in [3.8, 4) is 0 Å². The van der Waals surface area contributed by atoms with Gasteiger partial charge in [-0.3, -0.25) is 4.79 Å². The van der Waals surface area contributed by atoms with Crippen LogP contribution in [-0.2, 0) is 0 Å². The summed E-state index contributed by atoms with van der Waals surface area (Å²) in [6.45, 7) is 8.47. The molecule has 0 aliphatic carbocycles. The lowest BCUT2D eigenvalue weighted by molar-refractivity contribution is 0.0788. The van der Waals surface area contributed by atoms with E-state index in [1.165, 1.54) is 0 Å². The van der Waals surface area contributed by atoms with Gasteiger partial charge in [0.25, 0.3) is 5.91 Å². The number of carbonyl (C=O) groups excluding carboxylic acids is 1. The SMILES string of the molecule is C=CCCCN(C)C(=O)c1cccc(NC(C)C)n1. The molecule has 0 radical (unpaired) electrons. The highest BCUT2D eigenvalue weighted by Crippen LogP contribution is 2.08. The van der Waals surface area contributed by atoms with Gasteiger partial charge >= 0.3 is 0 Å². The maximum absolute atomic E-state index is 12.2. The van der Waals surface area contributed by atoms with Gasteiger partial charge in [0.1, 0.15) is 11.5 Å². The third-order valence-corrected chi connectivity index (χ3v) is 2.65. The van der Waals surface area contributed by atoms with Crippen molar-refractivity contribution >= 4 is 11.7 Å². The molecule has 1 heterocycles. The van der Waals surface area contributed by atoms with Crippen molar-refractivity contribution in [3.05, 3.63) is 36.5 Å². The topological polar surface area (TPSA) is 45.2 Å². The summed E-state index contributed by atoms with van der Waals surface area (Å²) in [5.41, 5.74) is 0.478. The first-order valence-electron chi connectivity index (χ1n) is 6.64. The van der Waals surface area contributed by atoms with Crippen LogP contribution in [0, 0.1) is 0 Å². The van der Waals surface area contributed by atoms with Crippen LogP contribution in [0.4, 0.5) is 5.82 Å². The highest BCUT2D eigenvalue weighted by atomic mass is 16.2. The fourth-order valence-electron chi connectivity index (χ4n) is 1.70. The van der Waals surface area contributed by atoms with E-state index in [1.807, 2.05) is 32.1 Å². The average molecular weight is 261 g/mol. The summed E-state index contributed by atoms with van der Waals surface area (Å²) >= 11 is 0. The molecule has 1 amide bonds. The lowest BCUT2D eigenvalue weighted by Crippen LogP contribution is -2.28. The van der Waals surface area contributed by atoms with E-state index < -0.39 is 0 Å². The fourth-order valence-corrected chi connectivity index (χ4v) is 1.70. The van der Waals surface area contributed by atoms with E-state index in [9.17, 15) is 4.79 Å². The first kappa shape index (κ1) is 15.2. The fraction of sp³-hybridized carbons (Fsp3) is 0.467. The molecule has 19 heavy (non-hydrogen) atoms. The summed E-state index contributed by atoms with van der Waals surface area (Å²) in [4.78, 5) is 18.2. The smallest absolute Gasteiger partial charge is 0.272 e. The minimum Gasteiger partial charge on any atom is -0.368 e. The maximum Gasteiger partial charge on any atom is 0.272 e. The number of amides is 1. The second kappa shape index (κ2) is 7.56. The van der Waals surface area contributed by atoms with Crippen LogP contribution in [0.3, 0.4) is 0 Å². The van der Waals surface area contributed by atoms with Crippen LogP contribution in [0.2, 0.25) is 0 Å². The van der Waals surface area contributed by atoms with Gasteiger partial charge in [0.15, 0.2) is 0 Å². The molecular formula is C15H23N3O. The number of aromatic nitrogens is 1. The molecule has 0 fully saturated rings. The molecule has 1 aromatic rings. The zero-order valence-corrected chi connectivity index (χ0v) is 12.0. The molecular weight excluding hydrogens is 238 g/mol. The largest absolute Gasteiger partial charge is 0.368 e. The van der Waals surface area contributed by atoms with Crippen molar-refractivity contribution in [3.63, 3.8) is 0 Å². The number of rotatable bonds is 7. The third kappa shape index (κ3) is 5.12. The zero-order valence-electron chi connectivity index (χ0n) is 12.0. The average Bonchev–Trinajstić information content (AvgIpc) is 2.37. The van der Waals surface area contributed by atoms with Crippen molar-refractivity contribution in [1.82, 2.24) is 9.88 Å². The van der Waals surface area contributed by atoms with Gasteiger partial charge in [0, 0.05) is 19.6 Å². The predicted octanol–water partition coefficient (Wildman–Crippen LogP) is 2.94. The van der Waals surface area contributed by atoms with E-state index >= 15 is 0 Å². The third-order valence-electron chi connectivity index (χ3n) is 2.65. The lowest BCUT2D eigenvalue weighted by Gasteiger charge is -2.17.